The van der Waals surface area contributed by atoms with Gasteiger partial charge < -0.3 is 10.0 Å². The number of benzene rings is 2. The second-order valence-electron chi connectivity index (χ2n) is 8.81. The fourth-order valence-electron chi connectivity index (χ4n) is 4.91. The molecular weight excluding hydrogens is 400 g/mol. The van der Waals surface area contributed by atoms with Crippen LogP contribution in [-0.2, 0) is 5.41 Å². The maximum absolute atomic E-state index is 13.2. The van der Waals surface area contributed by atoms with Gasteiger partial charge in [0.05, 0.1) is 11.6 Å². The zero-order valence-corrected chi connectivity index (χ0v) is 18.1. The monoisotopic (exact) mass is 426 g/mol. The molecule has 2 aliphatic rings. The molecule has 4 rings (SSSR count). The molecular formula is C24H27ClN2O3. The number of amides is 2. The summed E-state index contributed by atoms with van der Waals surface area (Å²) in [6.07, 6.45) is 3.97. The molecule has 2 aromatic carbocycles. The van der Waals surface area contributed by atoms with Gasteiger partial charge in [-0.1, -0.05) is 30.7 Å². The molecule has 2 aromatic rings. The number of carboxylic acids is 1. The quantitative estimate of drug-likeness (QED) is 0.695. The molecule has 0 spiro atoms. The molecule has 1 heterocycles. The first kappa shape index (κ1) is 20.7. The van der Waals surface area contributed by atoms with Gasteiger partial charge in [0.1, 0.15) is 0 Å². The number of anilines is 1. The molecule has 0 aromatic heterocycles. The van der Waals surface area contributed by atoms with Crippen molar-refractivity contribution in [2.24, 2.45) is 0 Å². The molecule has 6 heteroatoms. The summed E-state index contributed by atoms with van der Waals surface area (Å²) in [5.41, 5.74) is 2.33. The Morgan fingerprint density at radius 3 is 2.40 bits per heavy atom. The van der Waals surface area contributed by atoms with Crippen molar-refractivity contribution in [2.75, 3.05) is 11.4 Å². The van der Waals surface area contributed by atoms with Gasteiger partial charge in [-0.05, 0) is 80.0 Å². The number of carboxylic acid groups (broad SMARTS) is 1. The predicted octanol–water partition coefficient (Wildman–Crippen LogP) is 5.57. The van der Waals surface area contributed by atoms with Gasteiger partial charge >= 0.3 is 12.0 Å². The number of urea groups is 1. The Morgan fingerprint density at radius 2 is 1.80 bits per heavy atom. The summed E-state index contributed by atoms with van der Waals surface area (Å²) in [5, 5.41) is 9.87. The summed E-state index contributed by atoms with van der Waals surface area (Å²) in [6.45, 7) is 5.03. The standard InChI is InChI=1S/C24H27ClN2O3/c1-16-15-26(23(30)27(16)21-8-6-17(7-9-21)22(28)29)20-10-12-24(2,13-11-20)18-4-3-5-19(25)14-18/h3-9,14,16,20H,10-13,15H2,1-2H3,(H,28,29)/t16-,20-,24-/m0/s1. The highest BCUT2D eigenvalue weighted by molar-refractivity contribution is 6.30. The lowest BCUT2D eigenvalue weighted by atomic mass is 9.69. The van der Waals surface area contributed by atoms with Gasteiger partial charge in [0, 0.05) is 23.3 Å². The van der Waals surface area contributed by atoms with Crippen molar-refractivity contribution in [1.82, 2.24) is 4.90 Å². The van der Waals surface area contributed by atoms with Crippen LogP contribution < -0.4 is 4.90 Å². The van der Waals surface area contributed by atoms with Gasteiger partial charge in [-0.25, -0.2) is 9.59 Å². The van der Waals surface area contributed by atoms with Gasteiger partial charge in [-0.3, -0.25) is 4.90 Å². The lowest BCUT2D eigenvalue weighted by Crippen LogP contribution is -2.43. The van der Waals surface area contributed by atoms with E-state index in [4.69, 9.17) is 16.7 Å². The highest BCUT2D eigenvalue weighted by Crippen LogP contribution is 2.42. The SMILES string of the molecule is C[C@H]1CN([C@H]2CC[C@](C)(c3cccc(Cl)c3)CC2)C(=O)N1c1ccc(C(=O)O)cc1. The minimum Gasteiger partial charge on any atom is -0.478 e. The summed E-state index contributed by atoms with van der Waals surface area (Å²) in [5.74, 6) is -0.964. The van der Waals surface area contributed by atoms with Gasteiger partial charge in [0.15, 0.2) is 0 Å². The maximum atomic E-state index is 13.2. The zero-order valence-electron chi connectivity index (χ0n) is 17.3. The second-order valence-corrected chi connectivity index (χ2v) is 9.24. The molecule has 30 heavy (non-hydrogen) atoms. The average molecular weight is 427 g/mol. The van der Waals surface area contributed by atoms with Crippen LogP contribution in [0.15, 0.2) is 48.5 Å². The topological polar surface area (TPSA) is 60.9 Å². The number of aromatic carboxylic acids is 1. The lowest BCUT2D eigenvalue weighted by molar-refractivity contribution is 0.0697. The molecule has 5 nitrogen and oxygen atoms in total. The van der Waals surface area contributed by atoms with Crippen LogP contribution >= 0.6 is 11.6 Å². The Hall–Kier alpha value is -2.53. The Bertz CT molecular complexity index is 951. The van der Waals surface area contributed by atoms with Crippen molar-refractivity contribution >= 4 is 29.3 Å². The number of carbonyl (C=O) groups is 2. The molecule has 0 radical (unpaired) electrons. The Morgan fingerprint density at radius 1 is 1.13 bits per heavy atom. The second kappa shape index (κ2) is 7.95. The van der Waals surface area contributed by atoms with Crippen LogP contribution in [-0.4, -0.2) is 40.6 Å². The number of hydrogen-bond acceptors (Lipinski definition) is 2. The number of nitrogens with zero attached hydrogens (tertiary/aromatic N) is 2. The molecule has 1 saturated heterocycles. The van der Waals surface area contributed by atoms with Gasteiger partial charge in [-0.2, -0.15) is 0 Å². The van der Waals surface area contributed by atoms with Crippen molar-refractivity contribution < 1.29 is 14.7 Å². The third-order valence-electron chi connectivity index (χ3n) is 6.77. The third-order valence-corrected chi connectivity index (χ3v) is 7.00. The van der Waals surface area contributed by atoms with Crippen molar-refractivity contribution in [1.29, 1.82) is 0 Å². The zero-order chi connectivity index (χ0) is 21.5. The van der Waals surface area contributed by atoms with Gasteiger partial charge in [0.25, 0.3) is 0 Å². The minimum absolute atomic E-state index is 0.0157. The average Bonchev–Trinajstić information content (AvgIpc) is 3.02. The minimum atomic E-state index is -0.964. The van der Waals surface area contributed by atoms with Crippen molar-refractivity contribution in [3.05, 3.63) is 64.7 Å². The summed E-state index contributed by atoms with van der Waals surface area (Å²) >= 11 is 6.20. The van der Waals surface area contributed by atoms with E-state index in [-0.39, 0.29) is 29.1 Å². The molecule has 1 aliphatic heterocycles. The van der Waals surface area contributed by atoms with E-state index in [9.17, 15) is 9.59 Å². The maximum Gasteiger partial charge on any atom is 0.335 e. The summed E-state index contributed by atoms with van der Waals surface area (Å²) in [6, 6.07) is 15.0. The van der Waals surface area contributed by atoms with Crippen LogP contribution in [0.3, 0.4) is 0 Å². The molecule has 2 amide bonds. The Labute approximate surface area is 182 Å². The Kier molecular flexibility index (Phi) is 5.49. The van der Waals surface area contributed by atoms with E-state index in [2.05, 4.69) is 19.1 Å². The van der Waals surface area contributed by atoms with Crippen LogP contribution in [0, 0.1) is 0 Å². The highest BCUT2D eigenvalue weighted by Gasteiger charge is 2.42. The summed E-state index contributed by atoms with van der Waals surface area (Å²) < 4.78 is 0. The van der Waals surface area contributed by atoms with E-state index in [1.165, 1.54) is 5.56 Å². The molecule has 2 fully saturated rings. The normalized spacial score (nSPS) is 26.8. The molecule has 0 unspecified atom stereocenters. The molecule has 1 atom stereocenters. The van der Waals surface area contributed by atoms with E-state index in [1.807, 2.05) is 24.0 Å². The smallest absolute Gasteiger partial charge is 0.335 e. The number of hydrogen-bond donors (Lipinski definition) is 1. The highest BCUT2D eigenvalue weighted by atomic mass is 35.5. The van der Waals surface area contributed by atoms with Crippen LogP contribution in [0.4, 0.5) is 10.5 Å². The summed E-state index contributed by atoms with van der Waals surface area (Å²) in [7, 11) is 0. The van der Waals surface area contributed by atoms with Crippen LogP contribution in [0.25, 0.3) is 0 Å². The van der Waals surface area contributed by atoms with Gasteiger partial charge in [0.2, 0.25) is 0 Å². The number of rotatable bonds is 4. The third kappa shape index (κ3) is 3.79. The van der Waals surface area contributed by atoms with Crippen molar-refractivity contribution in [3.8, 4) is 0 Å². The first-order valence-electron chi connectivity index (χ1n) is 10.5. The molecule has 1 saturated carbocycles. The summed E-state index contributed by atoms with van der Waals surface area (Å²) in [4.78, 5) is 28.1. The lowest BCUT2D eigenvalue weighted by Gasteiger charge is -2.41. The first-order valence-corrected chi connectivity index (χ1v) is 10.9. The predicted molar refractivity (Wildman–Crippen MR) is 119 cm³/mol. The van der Waals surface area contributed by atoms with E-state index in [0.29, 0.717) is 6.54 Å². The van der Waals surface area contributed by atoms with E-state index in [1.54, 1.807) is 29.2 Å². The largest absolute Gasteiger partial charge is 0.478 e. The molecule has 1 N–H and O–H groups in total. The van der Waals surface area contributed by atoms with Crippen LogP contribution in [0.5, 0.6) is 0 Å². The van der Waals surface area contributed by atoms with E-state index in [0.717, 1.165) is 36.4 Å². The van der Waals surface area contributed by atoms with Gasteiger partial charge in [-0.15, -0.1) is 0 Å². The number of halogens is 1. The van der Waals surface area contributed by atoms with Crippen LogP contribution in [0.1, 0.15) is 55.5 Å². The first-order chi connectivity index (χ1) is 14.3. The van der Waals surface area contributed by atoms with E-state index < -0.39 is 5.97 Å². The van der Waals surface area contributed by atoms with Crippen molar-refractivity contribution in [3.63, 3.8) is 0 Å². The molecule has 1 aliphatic carbocycles. The molecule has 0 bridgehead atoms. The molecule has 158 valence electrons. The van der Waals surface area contributed by atoms with E-state index >= 15 is 0 Å². The van der Waals surface area contributed by atoms with Crippen LogP contribution in [0.2, 0.25) is 5.02 Å². The fraction of sp³-hybridized carbons (Fsp3) is 0.417. The number of carbonyl (C=O) groups excluding carboxylic acids is 1. The van der Waals surface area contributed by atoms with Crippen molar-refractivity contribution in [2.45, 2.75) is 57.0 Å². The fourth-order valence-corrected chi connectivity index (χ4v) is 5.10. The Balaban J connectivity index is 1.46.